The summed E-state index contributed by atoms with van der Waals surface area (Å²) in [6, 6.07) is 5.28. The summed E-state index contributed by atoms with van der Waals surface area (Å²) in [5, 5.41) is 2.69. The minimum absolute atomic E-state index is 0.250. The second-order valence-electron chi connectivity index (χ2n) is 3.95. The van der Waals surface area contributed by atoms with E-state index in [-0.39, 0.29) is 5.96 Å². The summed E-state index contributed by atoms with van der Waals surface area (Å²) in [4.78, 5) is 21.3. The number of nitrogens with two attached hydrogens (primary N) is 1. The largest absolute Gasteiger partial charge is 0.369 e. The van der Waals surface area contributed by atoms with Crippen LogP contribution in [0.5, 0.6) is 0 Å². The van der Waals surface area contributed by atoms with Crippen molar-refractivity contribution in [3.05, 3.63) is 30.1 Å². The Morgan fingerprint density at radius 3 is 2.74 bits per heavy atom. The zero-order chi connectivity index (χ0) is 14.1. The van der Waals surface area contributed by atoms with Crippen molar-refractivity contribution in [1.29, 1.82) is 0 Å². The van der Waals surface area contributed by atoms with Gasteiger partial charge in [-0.2, -0.15) is 4.99 Å². The van der Waals surface area contributed by atoms with Gasteiger partial charge in [0.2, 0.25) is 5.96 Å². The van der Waals surface area contributed by atoms with Gasteiger partial charge in [-0.05, 0) is 26.0 Å². The summed E-state index contributed by atoms with van der Waals surface area (Å²) >= 11 is 0. The van der Waals surface area contributed by atoms with Gasteiger partial charge in [-0.1, -0.05) is 6.07 Å². The smallest absolute Gasteiger partial charge is 0.344 e. The van der Waals surface area contributed by atoms with Gasteiger partial charge in [0, 0.05) is 37.9 Å². The molecule has 0 radical (unpaired) electrons. The lowest BCUT2D eigenvalue weighted by atomic mass is 10.3. The van der Waals surface area contributed by atoms with E-state index < -0.39 is 6.03 Å². The number of carbonyl (C=O) groups excluding carboxylic acids is 1. The molecule has 2 amide bonds. The number of urea groups is 1. The average Bonchev–Trinajstić information content (AvgIpc) is 2.41. The number of aliphatic imine (C=N–C) groups is 1. The van der Waals surface area contributed by atoms with Crippen molar-refractivity contribution in [2.45, 2.75) is 20.3 Å². The molecule has 0 aromatic carbocycles. The Balaban J connectivity index is 2.37. The number of hydrogen-bond acceptors (Lipinski definition) is 2. The van der Waals surface area contributed by atoms with Crippen LogP contribution in [0, 0.1) is 0 Å². The number of amides is 2. The van der Waals surface area contributed by atoms with E-state index in [1.54, 1.807) is 6.20 Å². The maximum Gasteiger partial charge on any atom is 0.344 e. The van der Waals surface area contributed by atoms with Gasteiger partial charge < -0.3 is 16.0 Å². The standard InChI is InChI=1S/C13H21N5O/c1-3-18(4-2)12(14)17-13(19)16-10-8-11-7-5-6-9-15-11/h5-7,9H,3-4,8,10H2,1-2H3,(H3,14,16,17,19). The van der Waals surface area contributed by atoms with Gasteiger partial charge in [0.05, 0.1) is 0 Å². The summed E-state index contributed by atoms with van der Waals surface area (Å²) in [6.45, 7) is 5.88. The van der Waals surface area contributed by atoms with E-state index in [2.05, 4.69) is 15.3 Å². The van der Waals surface area contributed by atoms with Crippen LogP contribution in [0.3, 0.4) is 0 Å². The first-order valence-electron chi connectivity index (χ1n) is 6.44. The van der Waals surface area contributed by atoms with Crippen LogP contribution in [0.1, 0.15) is 19.5 Å². The number of carbonyl (C=O) groups is 1. The molecule has 0 fully saturated rings. The van der Waals surface area contributed by atoms with Crippen LogP contribution in [-0.2, 0) is 6.42 Å². The van der Waals surface area contributed by atoms with Crippen molar-refractivity contribution < 1.29 is 4.79 Å². The molecule has 6 nitrogen and oxygen atoms in total. The van der Waals surface area contributed by atoms with Gasteiger partial charge >= 0.3 is 6.03 Å². The van der Waals surface area contributed by atoms with Gasteiger partial charge in [0.25, 0.3) is 0 Å². The lowest BCUT2D eigenvalue weighted by molar-refractivity contribution is 0.249. The highest BCUT2D eigenvalue weighted by molar-refractivity contribution is 5.91. The Labute approximate surface area is 113 Å². The number of rotatable bonds is 5. The van der Waals surface area contributed by atoms with Crippen molar-refractivity contribution in [2.75, 3.05) is 19.6 Å². The molecular weight excluding hydrogens is 242 g/mol. The molecule has 0 bridgehead atoms. The van der Waals surface area contributed by atoms with Crippen molar-refractivity contribution in [2.24, 2.45) is 10.7 Å². The minimum Gasteiger partial charge on any atom is -0.369 e. The lowest BCUT2D eigenvalue weighted by Crippen LogP contribution is -2.38. The molecule has 0 saturated heterocycles. The quantitative estimate of drug-likeness (QED) is 0.613. The topological polar surface area (TPSA) is 83.6 Å². The van der Waals surface area contributed by atoms with Gasteiger partial charge in [-0.3, -0.25) is 4.98 Å². The van der Waals surface area contributed by atoms with Gasteiger partial charge in [-0.15, -0.1) is 0 Å². The first kappa shape index (κ1) is 14.9. The van der Waals surface area contributed by atoms with Crippen LogP contribution in [-0.4, -0.2) is 41.5 Å². The maximum atomic E-state index is 11.6. The minimum atomic E-state index is -0.416. The van der Waals surface area contributed by atoms with Gasteiger partial charge in [0.15, 0.2) is 0 Å². The highest BCUT2D eigenvalue weighted by Gasteiger charge is 2.05. The Bertz CT molecular complexity index is 414. The van der Waals surface area contributed by atoms with E-state index in [4.69, 9.17) is 5.73 Å². The Morgan fingerprint density at radius 1 is 1.42 bits per heavy atom. The molecule has 1 aromatic rings. The molecule has 0 aliphatic heterocycles. The zero-order valence-electron chi connectivity index (χ0n) is 11.5. The number of hydrogen-bond donors (Lipinski definition) is 2. The fraction of sp³-hybridized carbons (Fsp3) is 0.462. The third kappa shape index (κ3) is 5.37. The molecule has 6 heteroatoms. The number of nitrogens with zero attached hydrogens (tertiary/aromatic N) is 3. The second-order valence-corrected chi connectivity index (χ2v) is 3.95. The van der Waals surface area contributed by atoms with Gasteiger partial charge in [0.1, 0.15) is 0 Å². The van der Waals surface area contributed by atoms with Crippen LogP contribution < -0.4 is 11.1 Å². The second kappa shape index (κ2) is 8.07. The fourth-order valence-corrected chi connectivity index (χ4v) is 1.61. The molecule has 1 rings (SSSR count). The van der Waals surface area contributed by atoms with Crippen LogP contribution in [0.15, 0.2) is 29.4 Å². The summed E-state index contributed by atoms with van der Waals surface area (Å²) in [5.41, 5.74) is 6.66. The molecule has 3 N–H and O–H groups in total. The fourth-order valence-electron chi connectivity index (χ4n) is 1.61. The SMILES string of the molecule is CCN(CC)C(N)=NC(=O)NCCc1ccccn1. The van der Waals surface area contributed by atoms with E-state index >= 15 is 0 Å². The molecule has 0 atom stereocenters. The molecule has 104 valence electrons. The predicted octanol–water partition coefficient (Wildman–Crippen LogP) is 0.990. The third-order valence-corrected chi connectivity index (χ3v) is 2.69. The van der Waals surface area contributed by atoms with Crippen LogP contribution >= 0.6 is 0 Å². The van der Waals surface area contributed by atoms with E-state index in [0.717, 1.165) is 18.8 Å². The monoisotopic (exact) mass is 263 g/mol. The average molecular weight is 263 g/mol. The molecule has 0 spiro atoms. The summed E-state index contributed by atoms with van der Waals surface area (Å²) in [6.07, 6.45) is 2.40. The van der Waals surface area contributed by atoms with E-state index in [1.807, 2.05) is 36.9 Å². The van der Waals surface area contributed by atoms with Crippen LogP contribution in [0.2, 0.25) is 0 Å². The van der Waals surface area contributed by atoms with Crippen molar-refractivity contribution in [3.8, 4) is 0 Å². The van der Waals surface area contributed by atoms with Crippen molar-refractivity contribution >= 4 is 12.0 Å². The Morgan fingerprint density at radius 2 is 2.16 bits per heavy atom. The number of nitrogens with one attached hydrogen (secondary N) is 1. The highest BCUT2D eigenvalue weighted by Crippen LogP contribution is 1.93. The molecular formula is C13H21N5O. The van der Waals surface area contributed by atoms with E-state index in [0.29, 0.717) is 13.0 Å². The van der Waals surface area contributed by atoms with Crippen molar-refractivity contribution in [1.82, 2.24) is 15.2 Å². The summed E-state index contributed by atoms with van der Waals surface area (Å²) < 4.78 is 0. The van der Waals surface area contributed by atoms with Crippen LogP contribution in [0.4, 0.5) is 4.79 Å². The molecule has 0 unspecified atom stereocenters. The molecule has 19 heavy (non-hydrogen) atoms. The first-order valence-corrected chi connectivity index (χ1v) is 6.44. The zero-order valence-corrected chi connectivity index (χ0v) is 11.5. The predicted molar refractivity (Wildman–Crippen MR) is 75.9 cm³/mol. The van der Waals surface area contributed by atoms with Crippen LogP contribution in [0.25, 0.3) is 0 Å². The van der Waals surface area contributed by atoms with E-state index in [9.17, 15) is 4.79 Å². The summed E-state index contributed by atoms with van der Waals surface area (Å²) in [7, 11) is 0. The molecule has 0 aliphatic rings. The van der Waals surface area contributed by atoms with Gasteiger partial charge in [-0.25, -0.2) is 4.79 Å². The normalized spacial score (nSPS) is 11.2. The third-order valence-electron chi connectivity index (χ3n) is 2.69. The Kier molecular flexibility index (Phi) is 6.35. The van der Waals surface area contributed by atoms with E-state index in [1.165, 1.54) is 0 Å². The first-order chi connectivity index (χ1) is 9.17. The lowest BCUT2D eigenvalue weighted by Gasteiger charge is -2.18. The number of pyridine rings is 1. The Hall–Kier alpha value is -2.11. The molecule has 1 aromatic heterocycles. The maximum absolute atomic E-state index is 11.6. The molecule has 1 heterocycles. The molecule has 0 saturated carbocycles. The summed E-state index contributed by atoms with van der Waals surface area (Å²) in [5.74, 6) is 0.250. The number of aromatic nitrogens is 1. The highest BCUT2D eigenvalue weighted by atomic mass is 16.2. The van der Waals surface area contributed by atoms with Crippen molar-refractivity contribution in [3.63, 3.8) is 0 Å². The molecule has 0 aliphatic carbocycles. The number of guanidine groups is 1.